The minimum Gasteiger partial charge on any atom is -0.444 e. The molecule has 7 nitrogen and oxygen atoms in total. The molecule has 0 radical (unpaired) electrons. The predicted octanol–water partition coefficient (Wildman–Crippen LogP) is 2.79. The van der Waals surface area contributed by atoms with E-state index in [9.17, 15) is 9.59 Å². The van der Waals surface area contributed by atoms with Gasteiger partial charge in [0.15, 0.2) is 0 Å². The summed E-state index contributed by atoms with van der Waals surface area (Å²) in [5.41, 5.74) is 0.318. The minimum absolute atomic E-state index is 0.0709. The Kier molecular flexibility index (Phi) is 5.87. The first-order valence-electron chi connectivity index (χ1n) is 8.59. The van der Waals surface area contributed by atoms with E-state index in [0.29, 0.717) is 13.1 Å². The molecular weight excluding hydrogens is 320 g/mol. The molecule has 1 aliphatic rings. The van der Waals surface area contributed by atoms with Gasteiger partial charge >= 0.3 is 12.1 Å². The molecule has 2 unspecified atom stereocenters. The van der Waals surface area contributed by atoms with Gasteiger partial charge in [-0.1, -0.05) is 6.07 Å². The van der Waals surface area contributed by atoms with Crippen LogP contribution in [0.2, 0.25) is 0 Å². The summed E-state index contributed by atoms with van der Waals surface area (Å²) in [5, 5.41) is 2.99. The molecule has 25 heavy (non-hydrogen) atoms. The maximum atomic E-state index is 12.5. The summed E-state index contributed by atoms with van der Waals surface area (Å²) in [5.74, 6) is 0. The fraction of sp³-hybridized carbons (Fsp3) is 0.611. The van der Waals surface area contributed by atoms with E-state index in [4.69, 9.17) is 4.74 Å². The molecular formula is C18H28N4O3. The van der Waals surface area contributed by atoms with Gasteiger partial charge in [0.25, 0.3) is 0 Å². The lowest BCUT2D eigenvalue weighted by Crippen LogP contribution is -2.45. The zero-order chi connectivity index (χ0) is 18.6. The van der Waals surface area contributed by atoms with Gasteiger partial charge in [-0.15, -0.1) is 0 Å². The number of nitrogens with zero attached hydrogens (tertiary/aromatic N) is 3. The Bertz CT molecular complexity index is 600. The highest BCUT2D eigenvalue weighted by Crippen LogP contribution is 2.18. The number of likely N-dealkylation sites (tertiary alicyclic amines) is 1. The van der Waals surface area contributed by atoms with Crippen molar-refractivity contribution in [2.24, 2.45) is 0 Å². The number of aromatic nitrogens is 1. The smallest absolute Gasteiger partial charge is 0.410 e. The van der Waals surface area contributed by atoms with Gasteiger partial charge in [-0.05, 0) is 46.2 Å². The van der Waals surface area contributed by atoms with Crippen LogP contribution in [0.4, 0.5) is 9.59 Å². The SMILES string of the molecule is CC(c1ccccn1)N(C)C(=O)NC1CCN(C(=O)OC(C)(C)C)C1. The standard InChI is InChI=1S/C18H28N4O3/c1-13(15-8-6-7-10-19-15)21(5)16(23)20-14-9-11-22(12-14)17(24)25-18(2,3)4/h6-8,10,13-14H,9,11-12H2,1-5H3,(H,20,23). The number of pyridine rings is 1. The van der Waals surface area contributed by atoms with Crippen LogP contribution in [-0.2, 0) is 4.74 Å². The molecule has 2 rings (SSSR count). The van der Waals surface area contributed by atoms with Gasteiger partial charge in [0.1, 0.15) is 5.60 Å². The zero-order valence-electron chi connectivity index (χ0n) is 15.7. The number of ether oxygens (including phenoxy) is 1. The molecule has 138 valence electrons. The number of rotatable bonds is 3. The second-order valence-electron chi connectivity index (χ2n) is 7.40. The Morgan fingerprint density at radius 3 is 2.72 bits per heavy atom. The molecule has 1 aromatic heterocycles. The van der Waals surface area contributed by atoms with Crippen LogP contribution in [0, 0.1) is 0 Å². The van der Waals surface area contributed by atoms with Crippen LogP contribution < -0.4 is 5.32 Å². The van der Waals surface area contributed by atoms with Gasteiger partial charge < -0.3 is 19.9 Å². The molecule has 2 atom stereocenters. The largest absolute Gasteiger partial charge is 0.444 e. The van der Waals surface area contributed by atoms with Crippen LogP contribution in [0.15, 0.2) is 24.4 Å². The van der Waals surface area contributed by atoms with E-state index >= 15 is 0 Å². The lowest BCUT2D eigenvalue weighted by Gasteiger charge is -2.27. The molecule has 1 fully saturated rings. The number of nitrogens with one attached hydrogen (secondary N) is 1. The molecule has 1 aliphatic heterocycles. The highest BCUT2D eigenvalue weighted by Gasteiger charge is 2.31. The average molecular weight is 348 g/mol. The molecule has 1 saturated heterocycles. The van der Waals surface area contributed by atoms with Crippen molar-refractivity contribution in [1.82, 2.24) is 20.1 Å². The second-order valence-corrected chi connectivity index (χ2v) is 7.40. The Morgan fingerprint density at radius 1 is 1.40 bits per heavy atom. The van der Waals surface area contributed by atoms with Crippen molar-refractivity contribution < 1.29 is 14.3 Å². The van der Waals surface area contributed by atoms with Crippen molar-refractivity contribution >= 4 is 12.1 Å². The van der Waals surface area contributed by atoms with Crippen LogP contribution in [0.1, 0.15) is 45.9 Å². The number of amides is 3. The zero-order valence-corrected chi connectivity index (χ0v) is 15.7. The second kappa shape index (κ2) is 7.72. The van der Waals surface area contributed by atoms with E-state index in [0.717, 1.165) is 12.1 Å². The number of carbonyl (C=O) groups is 2. The highest BCUT2D eigenvalue weighted by atomic mass is 16.6. The van der Waals surface area contributed by atoms with E-state index in [-0.39, 0.29) is 24.2 Å². The highest BCUT2D eigenvalue weighted by molar-refractivity contribution is 5.75. The summed E-state index contributed by atoms with van der Waals surface area (Å²) in [4.78, 5) is 32.1. The van der Waals surface area contributed by atoms with Crippen molar-refractivity contribution in [2.45, 2.75) is 51.8 Å². The van der Waals surface area contributed by atoms with Crippen LogP contribution in [0.5, 0.6) is 0 Å². The third-order valence-electron chi connectivity index (χ3n) is 4.18. The molecule has 7 heteroatoms. The molecule has 0 bridgehead atoms. The molecule has 0 aromatic carbocycles. The number of hydrogen-bond donors (Lipinski definition) is 1. The van der Waals surface area contributed by atoms with Crippen LogP contribution in [-0.4, -0.2) is 58.7 Å². The summed E-state index contributed by atoms with van der Waals surface area (Å²) in [6.07, 6.45) is 2.10. The molecule has 0 spiro atoms. The molecule has 3 amide bonds. The van der Waals surface area contributed by atoms with Crippen molar-refractivity contribution in [3.05, 3.63) is 30.1 Å². The first kappa shape index (κ1) is 19.0. The van der Waals surface area contributed by atoms with Crippen LogP contribution >= 0.6 is 0 Å². The summed E-state index contributed by atoms with van der Waals surface area (Å²) in [6, 6.07) is 5.27. The minimum atomic E-state index is -0.517. The van der Waals surface area contributed by atoms with Gasteiger partial charge in [0.2, 0.25) is 0 Å². The summed E-state index contributed by atoms with van der Waals surface area (Å²) in [6.45, 7) is 8.51. The maximum Gasteiger partial charge on any atom is 0.410 e. The number of hydrogen-bond acceptors (Lipinski definition) is 4. The van der Waals surface area contributed by atoms with E-state index in [1.54, 1.807) is 23.0 Å². The quantitative estimate of drug-likeness (QED) is 0.911. The lowest BCUT2D eigenvalue weighted by molar-refractivity contribution is 0.0291. The van der Waals surface area contributed by atoms with Gasteiger partial charge in [-0.25, -0.2) is 9.59 Å². The van der Waals surface area contributed by atoms with E-state index in [1.807, 2.05) is 45.9 Å². The van der Waals surface area contributed by atoms with Gasteiger partial charge in [-0.2, -0.15) is 0 Å². The van der Waals surface area contributed by atoms with Crippen LogP contribution in [0.25, 0.3) is 0 Å². The Labute approximate surface area is 149 Å². The monoisotopic (exact) mass is 348 g/mol. The first-order chi connectivity index (χ1) is 11.7. The van der Waals surface area contributed by atoms with Gasteiger partial charge in [0, 0.05) is 32.4 Å². The van der Waals surface area contributed by atoms with E-state index in [2.05, 4.69) is 10.3 Å². The average Bonchev–Trinajstić information content (AvgIpc) is 3.01. The number of carbonyl (C=O) groups excluding carboxylic acids is 2. The van der Waals surface area contributed by atoms with Gasteiger partial charge in [0.05, 0.1) is 11.7 Å². The lowest BCUT2D eigenvalue weighted by atomic mass is 10.2. The molecule has 1 N–H and O–H groups in total. The van der Waals surface area contributed by atoms with Crippen molar-refractivity contribution in [3.63, 3.8) is 0 Å². The maximum absolute atomic E-state index is 12.5. The topological polar surface area (TPSA) is 74.8 Å². The molecule has 0 aliphatic carbocycles. The Balaban J connectivity index is 1.86. The summed E-state index contributed by atoms with van der Waals surface area (Å²) in [7, 11) is 1.75. The van der Waals surface area contributed by atoms with Gasteiger partial charge in [-0.3, -0.25) is 4.98 Å². The Hall–Kier alpha value is -2.31. The normalized spacial score (nSPS) is 18.6. The Morgan fingerprint density at radius 2 is 2.12 bits per heavy atom. The third-order valence-corrected chi connectivity index (χ3v) is 4.18. The summed E-state index contributed by atoms with van der Waals surface area (Å²) < 4.78 is 5.37. The van der Waals surface area contributed by atoms with Crippen LogP contribution in [0.3, 0.4) is 0 Å². The van der Waals surface area contributed by atoms with E-state index < -0.39 is 5.60 Å². The summed E-state index contributed by atoms with van der Waals surface area (Å²) >= 11 is 0. The fourth-order valence-corrected chi connectivity index (χ4v) is 2.64. The van der Waals surface area contributed by atoms with Crippen molar-refractivity contribution in [2.75, 3.05) is 20.1 Å². The molecule has 2 heterocycles. The predicted molar refractivity (Wildman–Crippen MR) is 95.2 cm³/mol. The van der Waals surface area contributed by atoms with E-state index in [1.165, 1.54) is 0 Å². The fourth-order valence-electron chi connectivity index (χ4n) is 2.64. The number of urea groups is 1. The van der Waals surface area contributed by atoms with Crippen molar-refractivity contribution in [3.8, 4) is 0 Å². The first-order valence-corrected chi connectivity index (χ1v) is 8.59. The molecule has 0 saturated carbocycles. The third kappa shape index (κ3) is 5.34. The molecule has 1 aromatic rings. The van der Waals surface area contributed by atoms with Crippen molar-refractivity contribution in [1.29, 1.82) is 0 Å².